The zero-order valence-corrected chi connectivity index (χ0v) is 15.5. The lowest BCUT2D eigenvalue weighted by molar-refractivity contribution is -0.132. The number of carbonyl (C=O) groups excluding carboxylic acids is 2. The first kappa shape index (κ1) is 18.5. The Hall–Kier alpha value is -2.89. The number of rotatable bonds is 7. The number of benzene rings is 2. The second kappa shape index (κ2) is 8.00. The van der Waals surface area contributed by atoms with Crippen molar-refractivity contribution in [3.63, 3.8) is 0 Å². The zero-order valence-electron chi connectivity index (χ0n) is 15.5. The summed E-state index contributed by atoms with van der Waals surface area (Å²) >= 11 is 0. The van der Waals surface area contributed by atoms with Crippen molar-refractivity contribution in [1.82, 2.24) is 4.90 Å². The van der Waals surface area contributed by atoms with Gasteiger partial charge in [0, 0.05) is 36.6 Å². The number of nitrogens with zero attached hydrogens (tertiary/aromatic N) is 1. The normalized spacial score (nSPS) is 15.2. The molecule has 28 heavy (non-hydrogen) atoms. The molecule has 2 aromatic carbocycles. The van der Waals surface area contributed by atoms with Crippen molar-refractivity contribution in [2.24, 2.45) is 0 Å². The van der Waals surface area contributed by atoms with Gasteiger partial charge in [0.25, 0.3) is 0 Å². The van der Waals surface area contributed by atoms with Gasteiger partial charge < -0.3 is 14.4 Å². The van der Waals surface area contributed by atoms with E-state index in [1.807, 2.05) is 0 Å². The minimum atomic E-state index is -0.312. The van der Waals surface area contributed by atoms with Crippen LogP contribution in [0.1, 0.15) is 41.6 Å². The van der Waals surface area contributed by atoms with Crippen LogP contribution in [0.25, 0.3) is 0 Å². The van der Waals surface area contributed by atoms with Gasteiger partial charge in [0.2, 0.25) is 5.91 Å². The number of amides is 1. The average molecular weight is 383 g/mol. The van der Waals surface area contributed by atoms with E-state index in [2.05, 4.69) is 0 Å². The van der Waals surface area contributed by atoms with Gasteiger partial charge >= 0.3 is 0 Å². The predicted molar refractivity (Wildman–Crippen MR) is 101 cm³/mol. The quantitative estimate of drug-likeness (QED) is 0.684. The fourth-order valence-corrected chi connectivity index (χ4v) is 3.34. The standard InChI is InChI=1S/C22H22FNO4/c23-18-4-2-1-3-16(18)14-24(17-6-7-17)22(26)10-8-19(25)15-5-9-20-21(13-15)28-12-11-27-20/h1-5,9,13,17H,6-8,10-12,14H2. The van der Waals surface area contributed by atoms with E-state index in [-0.39, 0.29) is 42.9 Å². The average Bonchev–Trinajstić information content (AvgIpc) is 3.56. The Morgan fingerprint density at radius 3 is 2.50 bits per heavy atom. The molecule has 2 aromatic rings. The first-order valence-electron chi connectivity index (χ1n) is 9.57. The van der Waals surface area contributed by atoms with Gasteiger partial charge in [-0.15, -0.1) is 0 Å². The summed E-state index contributed by atoms with van der Waals surface area (Å²) in [6.45, 7) is 1.19. The summed E-state index contributed by atoms with van der Waals surface area (Å²) in [6, 6.07) is 11.7. The Balaban J connectivity index is 1.38. The van der Waals surface area contributed by atoms with Crippen molar-refractivity contribution in [2.75, 3.05) is 13.2 Å². The molecule has 2 aliphatic rings. The fraction of sp³-hybridized carbons (Fsp3) is 0.364. The highest BCUT2D eigenvalue weighted by molar-refractivity contribution is 5.98. The molecule has 1 aliphatic carbocycles. The van der Waals surface area contributed by atoms with Gasteiger partial charge in [-0.1, -0.05) is 18.2 Å². The molecule has 1 saturated carbocycles. The van der Waals surface area contributed by atoms with Crippen LogP contribution >= 0.6 is 0 Å². The van der Waals surface area contributed by atoms with Crippen molar-refractivity contribution in [1.29, 1.82) is 0 Å². The van der Waals surface area contributed by atoms with E-state index >= 15 is 0 Å². The maximum Gasteiger partial charge on any atom is 0.223 e. The van der Waals surface area contributed by atoms with E-state index in [1.165, 1.54) is 6.07 Å². The van der Waals surface area contributed by atoms with Crippen LogP contribution in [0.4, 0.5) is 4.39 Å². The molecule has 0 spiro atoms. The summed E-state index contributed by atoms with van der Waals surface area (Å²) in [5.74, 6) is 0.642. The van der Waals surface area contributed by atoms with E-state index in [1.54, 1.807) is 41.3 Å². The second-order valence-electron chi connectivity index (χ2n) is 7.13. The molecular formula is C22H22FNO4. The van der Waals surface area contributed by atoms with E-state index in [0.29, 0.717) is 35.8 Å². The maximum atomic E-state index is 14.0. The minimum absolute atomic E-state index is 0.109. The summed E-state index contributed by atoms with van der Waals surface area (Å²) in [7, 11) is 0. The first-order valence-corrected chi connectivity index (χ1v) is 9.57. The second-order valence-corrected chi connectivity index (χ2v) is 7.13. The van der Waals surface area contributed by atoms with Crippen LogP contribution in [0.15, 0.2) is 42.5 Å². The Kier molecular flexibility index (Phi) is 5.28. The molecule has 0 bridgehead atoms. The van der Waals surface area contributed by atoms with Crippen LogP contribution in [0.3, 0.4) is 0 Å². The fourth-order valence-electron chi connectivity index (χ4n) is 3.34. The summed E-state index contributed by atoms with van der Waals surface area (Å²) in [5, 5.41) is 0. The van der Waals surface area contributed by atoms with Gasteiger partial charge in [-0.3, -0.25) is 9.59 Å². The van der Waals surface area contributed by atoms with Crippen molar-refractivity contribution in [2.45, 2.75) is 38.3 Å². The predicted octanol–water partition coefficient (Wildman–Crippen LogP) is 3.75. The van der Waals surface area contributed by atoms with E-state index in [4.69, 9.17) is 9.47 Å². The van der Waals surface area contributed by atoms with Crippen molar-refractivity contribution < 1.29 is 23.5 Å². The van der Waals surface area contributed by atoms with E-state index in [0.717, 1.165) is 12.8 Å². The number of halogens is 1. The third-order valence-electron chi connectivity index (χ3n) is 5.04. The summed E-state index contributed by atoms with van der Waals surface area (Å²) in [4.78, 5) is 26.9. The zero-order chi connectivity index (χ0) is 19.5. The smallest absolute Gasteiger partial charge is 0.223 e. The molecule has 1 aliphatic heterocycles. The number of hydrogen-bond acceptors (Lipinski definition) is 4. The maximum absolute atomic E-state index is 14.0. The van der Waals surface area contributed by atoms with Gasteiger partial charge in [0.05, 0.1) is 0 Å². The van der Waals surface area contributed by atoms with Gasteiger partial charge in [0.1, 0.15) is 19.0 Å². The third-order valence-corrected chi connectivity index (χ3v) is 5.04. The molecule has 1 heterocycles. The highest BCUT2D eigenvalue weighted by Gasteiger charge is 2.33. The lowest BCUT2D eigenvalue weighted by atomic mass is 10.0. The SMILES string of the molecule is O=C(CCC(=O)N(Cc1ccccc1F)C1CC1)c1ccc2c(c1)OCCO2. The molecule has 1 amide bonds. The number of hydrogen-bond donors (Lipinski definition) is 0. The van der Waals surface area contributed by atoms with Crippen LogP contribution in [0.2, 0.25) is 0 Å². The van der Waals surface area contributed by atoms with Crippen molar-refractivity contribution in [3.8, 4) is 11.5 Å². The summed E-state index contributed by atoms with van der Waals surface area (Å²) in [5.41, 5.74) is 1.00. The number of Topliss-reactive ketones (excluding diaryl/α,β-unsaturated/α-hetero) is 1. The van der Waals surface area contributed by atoms with Crippen LogP contribution in [-0.4, -0.2) is 35.8 Å². The number of ketones is 1. The molecule has 6 heteroatoms. The van der Waals surface area contributed by atoms with Gasteiger partial charge in [-0.25, -0.2) is 4.39 Å². The third kappa shape index (κ3) is 4.16. The molecule has 1 fully saturated rings. The largest absolute Gasteiger partial charge is 0.486 e. The number of carbonyl (C=O) groups is 2. The van der Waals surface area contributed by atoms with Crippen LogP contribution in [0, 0.1) is 5.82 Å². The van der Waals surface area contributed by atoms with Gasteiger partial charge in [0.15, 0.2) is 17.3 Å². The Morgan fingerprint density at radius 2 is 1.75 bits per heavy atom. The highest BCUT2D eigenvalue weighted by atomic mass is 19.1. The highest BCUT2D eigenvalue weighted by Crippen LogP contribution is 2.32. The minimum Gasteiger partial charge on any atom is -0.486 e. The molecule has 0 unspecified atom stereocenters. The first-order chi connectivity index (χ1) is 13.6. The van der Waals surface area contributed by atoms with Crippen LogP contribution in [-0.2, 0) is 11.3 Å². The molecule has 0 atom stereocenters. The molecule has 0 N–H and O–H groups in total. The molecular weight excluding hydrogens is 361 g/mol. The Bertz CT molecular complexity index is 894. The molecule has 0 aromatic heterocycles. The van der Waals surface area contributed by atoms with E-state index < -0.39 is 0 Å². The number of ether oxygens (including phenoxy) is 2. The molecule has 146 valence electrons. The van der Waals surface area contributed by atoms with Gasteiger partial charge in [-0.05, 0) is 37.1 Å². The van der Waals surface area contributed by atoms with Crippen molar-refractivity contribution >= 4 is 11.7 Å². The van der Waals surface area contributed by atoms with E-state index in [9.17, 15) is 14.0 Å². The number of fused-ring (bicyclic) bond motifs is 1. The lowest BCUT2D eigenvalue weighted by Gasteiger charge is -2.23. The molecule has 0 radical (unpaired) electrons. The Labute approximate surface area is 163 Å². The summed E-state index contributed by atoms with van der Waals surface area (Å²) < 4.78 is 24.9. The topological polar surface area (TPSA) is 55.8 Å². The molecule has 5 nitrogen and oxygen atoms in total. The lowest BCUT2D eigenvalue weighted by Crippen LogP contribution is -2.33. The van der Waals surface area contributed by atoms with Crippen molar-refractivity contribution in [3.05, 3.63) is 59.4 Å². The van der Waals surface area contributed by atoms with Crippen LogP contribution in [0.5, 0.6) is 11.5 Å². The van der Waals surface area contributed by atoms with Gasteiger partial charge in [-0.2, -0.15) is 0 Å². The molecule has 0 saturated heterocycles. The summed E-state index contributed by atoms with van der Waals surface area (Å²) in [6.07, 6.45) is 2.07. The van der Waals surface area contributed by atoms with Crippen LogP contribution < -0.4 is 9.47 Å². The Morgan fingerprint density at radius 1 is 1.00 bits per heavy atom. The monoisotopic (exact) mass is 383 g/mol. The molecule has 4 rings (SSSR count).